The second kappa shape index (κ2) is 7.91. The average Bonchev–Trinajstić information content (AvgIpc) is 2.59. The van der Waals surface area contributed by atoms with Crippen molar-refractivity contribution in [2.75, 3.05) is 17.6 Å². The van der Waals surface area contributed by atoms with Gasteiger partial charge in [0.1, 0.15) is 0 Å². The number of nitrogens with zero attached hydrogens (tertiary/aromatic N) is 1. The zero-order valence-corrected chi connectivity index (χ0v) is 16.7. The van der Waals surface area contributed by atoms with Gasteiger partial charge in [-0.25, -0.2) is 8.42 Å². The Morgan fingerprint density at radius 2 is 1.73 bits per heavy atom. The van der Waals surface area contributed by atoms with Gasteiger partial charge < -0.3 is 5.32 Å². The summed E-state index contributed by atoms with van der Waals surface area (Å²) in [5.74, 6) is -0.172. The third-order valence-corrected chi connectivity index (χ3v) is 5.68. The lowest BCUT2D eigenvalue weighted by Gasteiger charge is -2.21. The van der Waals surface area contributed by atoms with Crippen molar-refractivity contribution in [2.24, 2.45) is 0 Å². The van der Waals surface area contributed by atoms with Crippen LogP contribution < -0.4 is 9.62 Å². The van der Waals surface area contributed by atoms with Gasteiger partial charge in [-0.15, -0.1) is 0 Å². The Labute approximate surface area is 156 Å². The second-order valence-electron chi connectivity index (χ2n) is 6.58. The summed E-state index contributed by atoms with van der Waals surface area (Å²) in [6, 6.07) is 13.1. The number of carbonyl (C=O) groups excluding carboxylic acids is 1. The lowest BCUT2D eigenvalue weighted by molar-refractivity contribution is 0.0935. The van der Waals surface area contributed by atoms with E-state index in [9.17, 15) is 13.2 Å². The predicted octanol–water partition coefficient (Wildman–Crippen LogP) is 3.58. The molecule has 2 aromatic carbocycles. The summed E-state index contributed by atoms with van der Waals surface area (Å²) in [4.78, 5) is 12.6. The molecule has 0 aromatic heterocycles. The van der Waals surface area contributed by atoms with E-state index in [2.05, 4.69) is 5.32 Å². The number of hydrogen-bond donors (Lipinski definition) is 1. The maximum Gasteiger partial charge on any atom is 0.251 e. The molecule has 2 rings (SSSR count). The number of sulfonamides is 1. The SMILES string of the molecule is CC[C@H](NC(=O)c1ccc(N(C)S(C)(=O)=O)c(C)c1)c1ccc(C)cc1. The first-order valence-corrected chi connectivity index (χ1v) is 10.4. The maximum absolute atomic E-state index is 12.6. The van der Waals surface area contributed by atoms with Gasteiger partial charge in [0, 0.05) is 12.6 Å². The molecule has 5 nitrogen and oxygen atoms in total. The third-order valence-electron chi connectivity index (χ3n) is 4.49. The lowest BCUT2D eigenvalue weighted by atomic mass is 10.0. The van der Waals surface area contributed by atoms with Gasteiger partial charge in [0.15, 0.2) is 0 Å². The molecule has 0 saturated heterocycles. The van der Waals surface area contributed by atoms with E-state index in [1.807, 2.05) is 38.1 Å². The lowest BCUT2D eigenvalue weighted by Crippen LogP contribution is -2.29. The Morgan fingerprint density at radius 3 is 2.23 bits per heavy atom. The molecule has 26 heavy (non-hydrogen) atoms. The quantitative estimate of drug-likeness (QED) is 0.840. The summed E-state index contributed by atoms with van der Waals surface area (Å²) < 4.78 is 24.6. The Kier molecular flexibility index (Phi) is 6.08. The van der Waals surface area contributed by atoms with Gasteiger partial charge in [0.05, 0.1) is 18.0 Å². The van der Waals surface area contributed by atoms with Gasteiger partial charge in [0.25, 0.3) is 5.91 Å². The van der Waals surface area contributed by atoms with Crippen molar-refractivity contribution in [3.8, 4) is 0 Å². The van der Waals surface area contributed by atoms with E-state index in [-0.39, 0.29) is 11.9 Å². The summed E-state index contributed by atoms with van der Waals surface area (Å²) >= 11 is 0. The Bertz CT molecular complexity index is 890. The highest BCUT2D eigenvalue weighted by atomic mass is 32.2. The molecule has 0 saturated carbocycles. The minimum absolute atomic E-state index is 0.0678. The molecule has 140 valence electrons. The molecule has 6 heteroatoms. The van der Waals surface area contributed by atoms with Crippen molar-refractivity contribution in [3.63, 3.8) is 0 Å². The van der Waals surface area contributed by atoms with Crippen molar-refractivity contribution in [1.82, 2.24) is 5.32 Å². The van der Waals surface area contributed by atoms with E-state index in [4.69, 9.17) is 0 Å². The van der Waals surface area contributed by atoms with E-state index in [0.717, 1.165) is 23.8 Å². The van der Waals surface area contributed by atoms with Crippen molar-refractivity contribution in [3.05, 3.63) is 64.7 Å². The number of benzene rings is 2. The largest absolute Gasteiger partial charge is 0.345 e. The molecule has 0 fully saturated rings. The number of carbonyl (C=O) groups is 1. The Morgan fingerprint density at radius 1 is 1.12 bits per heavy atom. The molecule has 0 spiro atoms. The first kappa shape index (κ1) is 20.0. The average molecular weight is 375 g/mol. The zero-order valence-electron chi connectivity index (χ0n) is 15.9. The normalized spacial score (nSPS) is 12.5. The molecular weight excluding hydrogens is 348 g/mol. The number of amides is 1. The van der Waals surface area contributed by atoms with E-state index < -0.39 is 10.0 Å². The van der Waals surface area contributed by atoms with E-state index in [1.165, 1.54) is 16.9 Å². The standard InChI is InChI=1S/C20H26N2O3S/c1-6-18(16-9-7-14(2)8-10-16)21-20(23)17-11-12-19(15(3)13-17)22(4)26(5,24)25/h7-13,18H,6H2,1-5H3,(H,21,23)/t18-/m0/s1. The zero-order chi connectivity index (χ0) is 19.5. The minimum atomic E-state index is -3.34. The third kappa shape index (κ3) is 4.64. The van der Waals surface area contributed by atoms with Crippen LogP contribution in [0.2, 0.25) is 0 Å². The molecule has 0 bridgehead atoms. The van der Waals surface area contributed by atoms with Crippen LogP contribution in [0.25, 0.3) is 0 Å². The summed E-state index contributed by atoms with van der Waals surface area (Å²) in [5, 5.41) is 3.05. The highest BCUT2D eigenvalue weighted by molar-refractivity contribution is 7.92. The number of nitrogens with one attached hydrogen (secondary N) is 1. The van der Waals surface area contributed by atoms with Gasteiger partial charge in [-0.05, 0) is 49.6 Å². The molecule has 1 atom stereocenters. The monoisotopic (exact) mass is 374 g/mol. The fourth-order valence-corrected chi connectivity index (χ4v) is 3.35. The molecule has 0 unspecified atom stereocenters. The Balaban J connectivity index is 2.21. The first-order chi connectivity index (χ1) is 12.1. The van der Waals surface area contributed by atoms with E-state index >= 15 is 0 Å². The minimum Gasteiger partial charge on any atom is -0.345 e. The fourth-order valence-electron chi connectivity index (χ4n) is 2.79. The van der Waals surface area contributed by atoms with Gasteiger partial charge in [-0.1, -0.05) is 36.8 Å². The highest BCUT2D eigenvalue weighted by Gasteiger charge is 2.18. The molecule has 0 radical (unpaired) electrons. The van der Waals surface area contributed by atoms with Gasteiger partial charge in [-0.2, -0.15) is 0 Å². The van der Waals surface area contributed by atoms with Crippen LogP contribution in [0.4, 0.5) is 5.69 Å². The molecule has 1 amide bonds. The van der Waals surface area contributed by atoms with Crippen LogP contribution in [0.3, 0.4) is 0 Å². The van der Waals surface area contributed by atoms with Crippen LogP contribution >= 0.6 is 0 Å². The summed E-state index contributed by atoms with van der Waals surface area (Å²) in [5.41, 5.74) is 4.05. The number of hydrogen-bond acceptors (Lipinski definition) is 3. The fraction of sp³-hybridized carbons (Fsp3) is 0.350. The molecule has 0 aliphatic heterocycles. The molecule has 2 aromatic rings. The van der Waals surface area contributed by atoms with Crippen molar-refractivity contribution < 1.29 is 13.2 Å². The summed E-state index contributed by atoms with van der Waals surface area (Å²) in [7, 11) is -1.84. The van der Waals surface area contributed by atoms with Crippen LogP contribution in [-0.2, 0) is 10.0 Å². The van der Waals surface area contributed by atoms with Crippen molar-refractivity contribution in [2.45, 2.75) is 33.2 Å². The summed E-state index contributed by atoms with van der Waals surface area (Å²) in [6.07, 6.45) is 1.93. The van der Waals surface area contributed by atoms with E-state index in [0.29, 0.717) is 11.3 Å². The molecule has 1 N–H and O–H groups in total. The number of aryl methyl sites for hydroxylation is 2. The maximum atomic E-state index is 12.6. The first-order valence-electron chi connectivity index (χ1n) is 8.55. The summed E-state index contributed by atoms with van der Waals surface area (Å²) in [6.45, 7) is 5.85. The van der Waals surface area contributed by atoms with Crippen LogP contribution in [0, 0.1) is 13.8 Å². The van der Waals surface area contributed by atoms with Crippen LogP contribution in [0.15, 0.2) is 42.5 Å². The van der Waals surface area contributed by atoms with Gasteiger partial charge >= 0.3 is 0 Å². The highest BCUT2D eigenvalue weighted by Crippen LogP contribution is 2.23. The molecule has 0 aliphatic carbocycles. The number of rotatable bonds is 6. The topological polar surface area (TPSA) is 66.5 Å². The number of anilines is 1. The van der Waals surface area contributed by atoms with Gasteiger partial charge in [0.2, 0.25) is 10.0 Å². The van der Waals surface area contributed by atoms with Crippen molar-refractivity contribution in [1.29, 1.82) is 0 Å². The second-order valence-corrected chi connectivity index (χ2v) is 8.59. The predicted molar refractivity (Wildman–Crippen MR) is 106 cm³/mol. The van der Waals surface area contributed by atoms with Crippen LogP contribution in [0.5, 0.6) is 0 Å². The van der Waals surface area contributed by atoms with Crippen LogP contribution in [0.1, 0.15) is 46.4 Å². The molecule has 0 aliphatic rings. The molecular formula is C20H26N2O3S. The van der Waals surface area contributed by atoms with Crippen LogP contribution in [-0.4, -0.2) is 27.6 Å². The van der Waals surface area contributed by atoms with Crippen molar-refractivity contribution >= 4 is 21.6 Å². The van der Waals surface area contributed by atoms with Gasteiger partial charge in [-0.3, -0.25) is 9.10 Å². The van der Waals surface area contributed by atoms with E-state index in [1.54, 1.807) is 25.1 Å². The smallest absolute Gasteiger partial charge is 0.251 e. The molecule has 0 heterocycles. The Hall–Kier alpha value is -2.34.